The molecule has 2 heterocycles. The van der Waals surface area contributed by atoms with Crippen molar-refractivity contribution in [3.05, 3.63) is 12.2 Å². The summed E-state index contributed by atoms with van der Waals surface area (Å²) in [5.74, 6) is -3.34. The second-order valence-corrected chi connectivity index (χ2v) is 4.45. The number of methoxy groups -OCH3 is 2. The predicted molar refractivity (Wildman–Crippen MR) is 60.2 cm³/mol. The molecule has 6 heteroatoms. The molecule has 3 rings (SSSR count). The Kier molecular flexibility index (Phi) is 3.11. The first-order chi connectivity index (χ1) is 8.52. The van der Waals surface area contributed by atoms with Gasteiger partial charge in [0.05, 0.1) is 38.0 Å². The highest BCUT2D eigenvalue weighted by Crippen LogP contribution is 2.40. The normalized spacial score (nSPS) is 33.5. The lowest BCUT2D eigenvalue weighted by Gasteiger charge is -2.46. The zero-order chi connectivity index (χ0) is 13.4. The number of carbonyl (C=O) groups is 3. The van der Waals surface area contributed by atoms with Gasteiger partial charge in [0.15, 0.2) is 0 Å². The fourth-order valence-corrected chi connectivity index (χ4v) is 2.75. The number of carbonyl (C=O) groups excluding carboxylic acids is 3. The first kappa shape index (κ1) is 12.6. The van der Waals surface area contributed by atoms with Gasteiger partial charge in [-0.05, 0) is 0 Å². The Hall–Kier alpha value is -1.85. The number of ether oxygens (including phenoxy) is 2. The van der Waals surface area contributed by atoms with Gasteiger partial charge in [0.2, 0.25) is 5.91 Å². The third kappa shape index (κ3) is 1.60. The second-order valence-electron chi connectivity index (χ2n) is 4.45. The number of piperidine rings is 1. The highest BCUT2D eigenvalue weighted by Gasteiger charge is 2.55. The van der Waals surface area contributed by atoms with Gasteiger partial charge in [-0.25, -0.2) is 0 Å². The number of fused-ring (bicyclic) bond motifs is 2. The number of hydrogen-bond donors (Lipinski definition) is 0. The minimum Gasteiger partial charge on any atom is -0.469 e. The van der Waals surface area contributed by atoms with E-state index in [1.165, 1.54) is 19.1 Å². The molecular weight excluding hydrogens is 238 g/mol. The van der Waals surface area contributed by atoms with Crippen molar-refractivity contribution in [1.82, 2.24) is 4.90 Å². The lowest BCUT2D eigenvalue weighted by atomic mass is 9.68. The molecule has 2 aliphatic heterocycles. The summed E-state index contributed by atoms with van der Waals surface area (Å²) >= 11 is 0. The number of esters is 2. The Bertz CT molecular complexity index is 430. The maximum absolute atomic E-state index is 12.0. The van der Waals surface area contributed by atoms with Gasteiger partial charge < -0.3 is 14.4 Å². The SMILES string of the molecule is COC(=O)[C@@H]1[C@H](C(=O)OC)[C@@H]2C=C[C@@H]1C(=O)N2C. The maximum Gasteiger partial charge on any atom is 0.312 e. The first-order valence-electron chi connectivity index (χ1n) is 5.63. The van der Waals surface area contributed by atoms with Crippen molar-refractivity contribution >= 4 is 17.8 Å². The molecule has 1 amide bonds. The fourth-order valence-electron chi connectivity index (χ4n) is 2.75. The highest BCUT2D eigenvalue weighted by molar-refractivity contribution is 5.94. The third-order valence-electron chi connectivity index (χ3n) is 3.68. The van der Waals surface area contributed by atoms with Crippen LogP contribution >= 0.6 is 0 Å². The molecule has 1 aliphatic carbocycles. The van der Waals surface area contributed by atoms with Crippen LogP contribution in [0.2, 0.25) is 0 Å². The summed E-state index contributed by atoms with van der Waals surface area (Å²) in [6.45, 7) is 0. The van der Waals surface area contributed by atoms with E-state index < -0.39 is 35.7 Å². The van der Waals surface area contributed by atoms with E-state index in [0.717, 1.165) is 0 Å². The first-order valence-corrected chi connectivity index (χ1v) is 5.63. The lowest BCUT2D eigenvalue weighted by Crippen LogP contribution is -2.61. The minimum absolute atomic E-state index is 0.168. The van der Waals surface area contributed by atoms with E-state index in [1.807, 2.05) is 0 Å². The Morgan fingerprint density at radius 1 is 1.11 bits per heavy atom. The molecule has 3 aliphatic rings. The molecule has 0 aromatic heterocycles. The largest absolute Gasteiger partial charge is 0.469 e. The number of likely N-dealkylation sites (N-methyl/N-ethyl adjacent to an activating group) is 1. The molecular formula is C12H15NO5. The van der Waals surface area contributed by atoms with Gasteiger partial charge in [0.1, 0.15) is 0 Å². The Balaban J connectivity index is 2.43. The Morgan fingerprint density at radius 2 is 1.67 bits per heavy atom. The average molecular weight is 253 g/mol. The van der Waals surface area contributed by atoms with Crippen LogP contribution in [0.3, 0.4) is 0 Å². The van der Waals surface area contributed by atoms with E-state index in [0.29, 0.717) is 0 Å². The molecule has 0 aromatic rings. The molecule has 0 N–H and O–H groups in total. The van der Waals surface area contributed by atoms with Gasteiger partial charge in [-0.15, -0.1) is 0 Å². The molecule has 2 bridgehead atoms. The molecule has 1 fully saturated rings. The zero-order valence-electron chi connectivity index (χ0n) is 10.5. The zero-order valence-corrected chi connectivity index (χ0v) is 10.5. The molecule has 1 saturated heterocycles. The molecule has 4 atom stereocenters. The van der Waals surface area contributed by atoms with E-state index in [1.54, 1.807) is 19.2 Å². The molecule has 98 valence electrons. The van der Waals surface area contributed by atoms with Gasteiger partial charge in [-0.2, -0.15) is 0 Å². The van der Waals surface area contributed by atoms with Crippen molar-refractivity contribution in [2.24, 2.45) is 17.8 Å². The smallest absolute Gasteiger partial charge is 0.312 e. The van der Waals surface area contributed by atoms with Gasteiger partial charge in [-0.3, -0.25) is 14.4 Å². The topological polar surface area (TPSA) is 72.9 Å². The van der Waals surface area contributed by atoms with E-state index in [4.69, 9.17) is 9.47 Å². The maximum atomic E-state index is 12.0. The lowest BCUT2D eigenvalue weighted by molar-refractivity contribution is -0.171. The number of rotatable bonds is 2. The number of hydrogen-bond acceptors (Lipinski definition) is 5. The predicted octanol–water partition coefficient (Wildman–Crippen LogP) is -0.409. The molecule has 0 spiro atoms. The summed E-state index contributed by atoms with van der Waals surface area (Å²) < 4.78 is 9.43. The fraction of sp³-hybridized carbons (Fsp3) is 0.583. The van der Waals surface area contributed by atoms with Gasteiger partial charge in [-0.1, -0.05) is 12.2 Å². The molecule has 18 heavy (non-hydrogen) atoms. The van der Waals surface area contributed by atoms with Crippen LogP contribution in [-0.4, -0.2) is 50.1 Å². The van der Waals surface area contributed by atoms with Crippen molar-refractivity contribution in [3.63, 3.8) is 0 Å². The van der Waals surface area contributed by atoms with Crippen LogP contribution in [0.1, 0.15) is 0 Å². The third-order valence-corrected chi connectivity index (χ3v) is 3.68. The summed E-state index contributed by atoms with van der Waals surface area (Å²) in [5.41, 5.74) is 0. The summed E-state index contributed by atoms with van der Waals surface area (Å²) in [6.07, 6.45) is 3.45. The van der Waals surface area contributed by atoms with E-state index in [-0.39, 0.29) is 5.91 Å². The average Bonchev–Trinajstić information content (AvgIpc) is 2.41. The molecule has 0 unspecified atom stereocenters. The minimum atomic E-state index is -0.791. The van der Waals surface area contributed by atoms with Crippen LogP contribution in [-0.2, 0) is 23.9 Å². The van der Waals surface area contributed by atoms with Crippen LogP contribution in [0.15, 0.2) is 12.2 Å². The number of amides is 1. The van der Waals surface area contributed by atoms with Crippen LogP contribution in [0.5, 0.6) is 0 Å². The second kappa shape index (κ2) is 4.44. The standard InChI is InChI=1S/C12H15NO5/c1-13-7-5-4-6(10(13)14)8(11(15)17-2)9(7)12(16)18-3/h4-9H,1-3H3/t6-,7-,8-,9+/m0/s1. The Morgan fingerprint density at radius 3 is 2.22 bits per heavy atom. The monoisotopic (exact) mass is 253 g/mol. The molecule has 0 aromatic carbocycles. The summed E-state index contributed by atoms with van der Waals surface area (Å²) in [5, 5.41) is 0. The quantitative estimate of drug-likeness (QED) is 0.494. The molecule has 6 nitrogen and oxygen atoms in total. The summed E-state index contributed by atoms with van der Waals surface area (Å²) in [4.78, 5) is 37.1. The summed E-state index contributed by atoms with van der Waals surface area (Å²) in [6, 6.07) is -0.445. The van der Waals surface area contributed by atoms with Gasteiger partial charge in [0, 0.05) is 7.05 Å². The van der Waals surface area contributed by atoms with E-state index in [9.17, 15) is 14.4 Å². The highest BCUT2D eigenvalue weighted by atomic mass is 16.5. The van der Waals surface area contributed by atoms with Crippen LogP contribution < -0.4 is 0 Å². The number of nitrogens with zero attached hydrogens (tertiary/aromatic N) is 1. The van der Waals surface area contributed by atoms with Crippen molar-refractivity contribution in [3.8, 4) is 0 Å². The van der Waals surface area contributed by atoms with Crippen LogP contribution in [0.4, 0.5) is 0 Å². The molecule has 0 saturated carbocycles. The van der Waals surface area contributed by atoms with Crippen molar-refractivity contribution in [2.45, 2.75) is 6.04 Å². The van der Waals surface area contributed by atoms with Crippen LogP contribution in [0.25, 0.3) is 0 Å². The Labute approximate surface area is 105 Å². The van der Waals surface area contributed by atoms with Crippen molar-refractivity contribution < 1.29 is 23.9 Å². The van der Waals surface area contributed by atoms with Crippen molar-refractivity contribution in [1.29, 1.82) is 0 Å². The van der Waals surface area contributed by atoms with Crippen molar-refractivity contribution in [2.75, 3.05) is 21.3 Å². The summed E-state index contributed by atoms with van der Waals surface area (Å²) in [7, 11) is 4.13. The van der Waals surface area contributed by atoms with E-state index >= 15 is 0 Å². The van der Waals surface area contributed by atoms with Gasteiger partial charge >= 0.3 is 11.9 Å². The van der Waals surface area contributed by atoms with E-state index in [2.05, 4.69) is 0 Å². The van der Waals surface area contributed by atoms with Gasteiger partial charge in [0.25, 0.3) is 0 Å². The molecule has 0 radical (unpaired) electrons. The van der Waals surface area contributed by atoms with Crippen LogP contribution in [0, 0.1) is 17.8 Å².